The molecule has 1 aliphatic rings. The van der Waals surface area contributed by atoms with Crippen molar-refractivity contribution in [1.29, 1.82) is 0 Å². The number of nitrogens with zero attached hydrogens (tertiary/aromatic N) is 1. The summed E-state index contributed by atoms with van der Waals surface area (Å²) in [5.74, 6) is 0. The Morgan fingerprint density at radius 3 is 2.10 bits per heavy atom. The largest absolute Gasteiger partial charge is 0.311 e. The summed E-state index contributed by atoms with van der Waals surface area (Å²) in [6, 6.07) is 9.54. The lowest BCUT2D eigenvalue weighted by Gasteiger charge is -2.44. The van der Waals surface area contributed by atoms with Crippen LogP contribution in [0.3, 0.4) is 0 Å². The van der Waals surface area contributed by atoms with Gasteiger partial charge < -0.3 is 5.32 Å². The van der Waals surface area contributed by atoms with E-state index in [2.05, 4.69) is 62.3 Å². The highest BCUT2D eigenvalue weighted by Crippen LogP contribution is 2.32. The van der Waals surface area contributed by atoms with E-state index in [1.165, 1.54) is 49.9 Å². The minimum absolute atomic E-state index is 0.146. The van der Waals surface area contributed by atoms with E-state index >= 15 is 0 Å². The summed E-state index contributed by atoms with van der Waals surface area (Å²) in [5.41, 5.74) is 2.97. The van der Waals surface area contributed by atoms with Crippen molar-refractivity contribution >= 4 is 0 Å². The van der Waals surface area contributed by atoms with E-state index in [4.69, 9.17) is 0 Å². The zero-order chi connectivity index (χ0) is 15.3. The van der Waals surface area contributed by atoms with Crippen LogP contribution in [0.15, 0.2) is 24.3 Å². The number of hydrogen-bond donors (Lipinski definition) is 1. The van der Waals surface area contributed by atoms with Crippen LogP contribution in [0.1, 0.15) is 63.6 Å². The lowest BCUT2D eigenvalue weighted by molar-refractivity contribution is 0.0864. The molecule has 0 saturated carbocycles. The first-order valence-electron chi connectivity index (χ1n) is 8.60. The van der Waals surface area contributed by atoms with E-state index < -0.39 is 0 Å². The van der Waals surface area contributed by atoms with Crippen LogP contribution in [0, 0.1) is 0 Å². The summed E-state index contributed by atoms with van der Waals surface area (Å²) in [5, 5.41) is 3.57. The molecular formula is C19H32N2. The van der Waals surface area contributed by atoms with Crippen molar-refractivity contribution in [3.8, 4) is 0 Å². The number of likely N-dealkylation sites (tertiary alicyclic amines) is 1. The third-order valence-electron chi connectivity index (χ3n) is 5.14. The Morgan fingerprint density at radius 1 is 1.05 bits per heavy atom. The SMILES string of the molecule is CCc1ccc(C(NC)C(C)(C)N2CCCCCC2)cc1. The summed E-state index contributed by atoms with van der Waals surface area (Å²) < 4.78 is 0. The van der Waals surface area contributed by atoms with Crippen LogP contribution >= 0.6 is 0 Å². The zero-order valence-electron chi connectivity index (χ0n) is 14.3. The molecule has 1 aromatic rings. The number of hydrogen-bond acceptors (Lipinski definition) is 2. The summed E-state index contributed by atoms with van der Waals surface area (Å²) in [6.45, 7) is 9.47. The van der Waals surface area contributed by atoms with Crippen molar-refractivity contribution in [3.05, 3.63) is 35.4 Å². The van der Waals surface area contributed by atoms with Gasteiger partial charge in [0.15, 0.2) is 0 Å². The van der Waals surface area contributed by atoms with Crippen molar-refractivity contribution < 1.29 is 0 Å². The van der Waals surface area contributed by atoms with Gasteiger partial charge >= 0.3 is 0 Å². The fourth-order valence-corrected chi connectivity index (χ4v) is 3.70. The molecule has 1 saturated heterocycles. The van der Waals surface area contributed by atoms with Gasteiger partial charge in [-0.25, -0.2) is 0 Å². The molecule has 1 aromatic carbocycles. The molecule has 2 nitrogen and oxygen atoms in total. The van der Waals surface area contributed by atoms with Gasteiger partial charge in [0.2, 0.25) is 0 Å². The maximum Gasteiger partial charge on any atom is 0.0499 e. The minimum atomic E-state index is 0.146. The Labute approximate surface area is 130 Å². The number of nitrogens with one attached hydrogen (secondary N) is 1. The van der Waals surface area contributed by atoms with Crippen LogP contribution in [0.4, 0.5) is 0 Å². The first-order valence-corrected chi connectivity index (χ1v) is 8.60. The lowest BCUT2D eigenvalue weighted by atomic mass is 9.86. The molecule has 21 heavy (non-hydrogen) atoms. The van der Waals surface area contributed by atoms with Crippen molar-refractivity contribution in [2.45, 2.75) is 64.5 Å². The van der Waals surface area contributed by atoms with Crippen LogP contribution in [-0.2, 0) is 6.42 Å². The molecular weight excluding hydrogens is 256 g/mol. The first-order chi connectivity index (χ1) is 10.1. The fraction of sp³-hybridized carbons (Fsp3) is 0.684. The molecule has 1 atom stereocenters. The Morgan fingerprint density at radius 2 is 1.62 bits per heavy atom. The van der Waals surface area contributed by atoms with Gasteiger partial charge in [-0.15, -0.1) is 0 Å². The van der Waals surface area contributed by atoms with Crippen molar-refractivity contribution in [3.63, 3.8) is 0 Å². The molecule has 1 unspecified atom stereocenters. The second-order valence-corrected chi connectivity index (χ2v) is 6.87. The van der Waals surface area contributed by atoms with Crippen LogP contribution in [0.2, 0.25) is 0 Å². The molecule has 0 aromatic heterocycles. The monoisotopic (exact) mass is 288 g/mol. The Bertz CT molecular complexity index is 414. The van der Waals surface area contributed by atoms with Gasteiger partial charge in [0.25, 0.3) is 0 Å². The highest BCUT2D eigenvalue weighted by Gasteiger charge is 2.35. The third-order valence-corrected chi connectivity index (χ3v) is 5.14. The van der Waals surface area contributed by atoms with Crippen LogP contribution in [0.5, 0.6) is 0 Å². The number of likely N-dealkylation sites (N-methyl/N-ethyl adjacent to an activating group) is 1. The van der Waals surface area contributed by atoms with Crippen LogP contribution < -0.4 is 5.32 Å². The van der Waals surface area contributed by atoms with E-state index in [0.29, 0.717) is 6.04 Å². The number of benzene rings is 1. The highest BCUT2D eigenvalue weighted by molar-refractivity contribution is 5.27. The molecule has 1 fully saturated rings. The lowest BCUT2D eigenvalue weighted by Crippen LogP contribution is -2.52. The highest BCUT2D eigenvalue weighted by atomic mass is 15.2. The van der Waals surface area contributed by atoms with Crippen molar-refractivity contribution in [2.24, 2.45) is 0 Å². The second kappa shape index (κ2) is 7.42. The quantitative estimate of drug-likeness (QED) is 0.875. The van der Waals surface area contributed by atoms with E-state index in [1.807, 2.05) is 0 Å². The number of aryl methyl sites for hydroxylation is 1. The van der Waals surface area contributed by atoms with Gasteiger partial charge in [-0.2, -0.15) is 0 Å². The standard InChI is InChI=1S/C19H32N2/c1-5-16-10-12-17(13-11-16)18(20-4)19(2,3)21-14-8-6-7-9-15-21/h10-13,18,20H,5-9,14-15H2,1-4H3. The first kappa shape index (κ1) is 16.5. The van der Waals surface area contributed by atoms with Gasteiger partial charge in [0.1, 0.15) is 0 Å². The van der Waals surface area contributed by atoms with E-state index in [0.717, 1.165) is 6.42 Å². The maximum atomic E-state index is 3.57. The van der Waals surface area contributed by atoms with Crippen molar-refractivity contribution in [2.75, 3.05) is 20.1 Å². The summed E-state index contributed by atoms with van der Waals surface area (Å²) >= 11 is 0. The number of rotatable bonds is 5. The summed E-state index contributed by atoms with van der Waals surface area (Å²) in [7, 11) is 2.10. The molecule has 0 spiro atoms. The van der Waals surface area contributed by atoms with E-state index in [-0.39, 0.29) is 5.54 Å². The summed E-state index contributed by atoms with van der Waals surface area (Å²) in [6.07, 6.45) is 6.58. The molecule has 0 radical (unpaired) electrons. The minimum Gasteiger partial charge on any atom is -0.311 e. The average molecular weight is 288 g/mol. The molecule has 2 rings (SSSR count). The van der Waals surface area contributed by atoms with Crippen molar-refractivity contribution in [1.82, 2.24) is 10.2 Å². The smallest absolute Gasteiger partial charge is 0.0499 e. The topological polar surface area (TPSA) is 15.3 Å². The predicted molar refractivity (Wildman–Crippen MR) is 91.7 cm³/mol. The zero-order valence-corrected chi connectivity index (χ0v) is 14.3. The molecule has 0 amide bonds. The summed E-state index contributed by atoms with van der Waals surface area (Å²) in [4.78, 5) is 2.69. The predicted octanol–water partition coefficient (Wildman–Crippen LogP) is 4.16. The molecule has 1 aliphatic heterocycles. The van der Waals surface area contributed by atoms with E-state index in [9.17, 15) is 0 Å². The second-order valence-electron chi connectivity index (χ2n) is 6.87. The van der Waals surface area contributed by atoms with Gasteiger partial charge in [0, 0.05) is 11.6 Å². The molecule has 1 heterocycles. The molecule has 2 heteroatoms. The van der Waals surface area contributed by atoms with E-state index in [1.54, 1.807) is 0 Å². The normalized spacial score (nSPS) is 19.2. The molecule has 0 bridgehead atoms. The Balaban J connectivity index is 2.20. The van der Waals surface area contributed by atoms with Crippen LogP contribution in [0.25, 0.3) is 0 Å². The molecule has 0 aliphatic carbocycles. The fourth-order valence-electron chi connectivity index (χ4n) is 3.70. The third kappa shape index (κ3) is 3.87. The van der Waals surface area contributed by atoms with Gasteiger partial charge in [-0.05, 0) is 64.4 Å². The van der Waals surface area contributed by atoms with Gasteiger partial charge in [-0.1, -0.05) is 44.0 Å². The Hall–Kier alpha value is -0.860. The van der Waals surface area contributed by atoms with Gasteiger partial charge in [0.05, 0.1) is 0 Å². The van der Waals surface area contributed by atoms with Crippen LogP contribution in [-0.4, -0.2) is 30.6 Å². The average Bonchev–Trinajstić information content (AvgIpc) is 2.78. The maximum absolute atomic E-state index is 3.57. The molecule has 118 valence electrons. The molecule has 1 N–H and O–H groups in total. The Kier molecular flexibility index (Phi) is 5.83. The van der Waals surface area contributed by atoms with Gasteiger partial charge in [-0.3, -0.25) is 4.90 Å².